The summed E-state index contributed by atoms with van der Waals surface area (Å²) in [5.41, 5.74) is 0. The zero-order chi connectivity index (χ0) is 14.3. The molecule has 19 heavy (non-hydrogen) atoms. The smallest absolute Gasteiger partial charge is 0.320 e. The van der Waals surface area contributed by atoms with Crippen LogP contribution in [0.2, 0.25) is 0 Å². The molecular weight excluding hydrogens is 246 g/mol. The van der Waals surface area contributed by atoms with E-state index in [1.165, 1.54) is 0 Å². The lowest BCUT2D eigenvalue weighted by atomic mass is 10.2. The quantitative estimate of drug-likeness (QED) is 0.528. The van der Waals surface area contributed by atoms with Crippen molar-refractivity contribution in [2.75, 3.05) is 19.7 Å². The van der Waals surface area contributed by atoms with Gasteiger partial charge in [0.15, 0.2) is 5.82 Å². The highest BCUT2D eigenvalue weighted by molar-refractivity contribution is 5.71. The van der Waals surface area contributed by atoms with Crippen molar-refractivity contribution in [2.24, 2.45) is 0 Å². The summed E-state index contributed by atoms with van der Waals surface area (Å²) in [7, 11) is 0. The minimum Gasteiger partial charge on any atom is -0.465 e. The third kappa shape index (κ3) is 5.21. The molecule has 0 atom stereocenters. The first-order chi connectivity index (χ1) is 9.06. The van der Waals surface area contributed by atoms with Crippen LogP contribution in [-0.4, -0.2) is 40.7 Å². The summed E-state index contributed by atoms with van der Waals surface area (Å²) in [6.45, 7) is 11.0. The van der Waals surface area contributed by atoms with Crippen molar-refractivity contribution in [1.29, 1.82) is 0 Å². The Morgan fingerprint density at radius 2 is 2.32 bits per heavy atom. The van der Waals surface area contributed by atoms with Crippen LogP contribution in [0.4, 0.5) is 0 Å². The first-order valence-electron chi connectivity index (χ1n) is 6.38. The molecule has 6 heteroatoms. The zero-order valence-corrected chi connectivity index (χ0v) is 11.8. The highest BCUT2D eigenvalue weighted by Gasteiger charge is 2.15. The summed E-state index contributed by atoms with van der Waals surface area (Å²) in [6, 6.07) is 0. The molecule has 0 bridgehead atoms. The van der Waals surface area contributed by atoms with Crippen LogP contribution in [0.25, 0.3) is 0 Å². The Hall–Kier alpha value is -1.69. The summed E-state index contributed by atoms with van der Waals surface area (Å²) in [6.07, 6.45) is 1.72. The van der Waals surface area contributed by atoms with E-state index in [1.807, 2.05) is 18.7 Å². The molecule has 0 N–H and O–H groups in total. The molecule has 0 unspecified atom stereocenters. The van der Waals surface area contributed by atoms with Crippen molar-refractivity contribution in [3.63, 3.8) is 0 Å². The van der Waals surface area contributed by atoms with E-state index in [9.17, 15) is 4.79 Å². The Labute approximate surface area is 113 Å². The monoisotopic (exact) mass is 267 g/mol. The fourth-order valence-corrected chi connectivity index (χ4v) is 1.52. The molecule has 0 radical (unpaired) electrons. The molecule has 0 aromatic carbocycles. The first-order valence-corrected chi connectivity index (χ1v) is 6.38. The van der Waals surface area contributed by atoms with Gasteiger partial charge in [0.25, 0.3) is 0 Å². The third-order valence-electron chi connectivity index (χ3n) is 2.39. The van der Waals surface area contributed by atoms with Crippen LogP contribution in [0.3, 0.4) is 0 Å². The maximum absolute atomic E-state index is 11.5. The molecule has 0 aliphatic heterocycles. The fraction of sp³-hybridized carbons (Fsp3) is 0.615. The molecule has 106 valence electrons. The van der Waals surface area contributed by atoms with E-state index in [0.717, 1.165) is 0 Å². The second kappa shape index (κ2) is 7.68. The first kappa shape index (κ1) is 15.4. The highest BCUT2D eigenvalue weighted by atomic mass is 16.5. The predicted octanol–water partition coefficient (Wildman–Crippen LogP) is 1.74. The van der Waals surface area contributed by atoms with Gasteiger partial charge in [-0.05, 0) is 6.92 Å². The van der Waals surface area contributed by atoms with Crippen LogP contribution in [0.1, 0.15) is 38.4 Å². The maximum atomic E-state index is 11.5. The van der Waals surface area contributed by atoms with Gasteiger partial charge >= 0.3 is 5.97 Å². The van der Waals surface area contributed by atoms with Crippen LogP contribution < -0.4 is 0 Å². The molecule has 1 heterocycles. The van der Waals surface area contributed by atoms with Gasteiger partial charge in [0.2, 0.25) is 5.89 Å². The summed E-state index contributed by atoms with van der Waals surface area (Å²) in [5.74, 6) is 1.09. The molecule has 0 spiro atoms. The van der Waals surface area contributed by atoms with Crippen molar-refractivity contribution in [3.8, 4) is 0 Å². The lowest BCUT2D eigenvalue weighted by Crippen LogP contribution is -2.31. The third-order valence-corrected chi connectivity index (χ3v) is 2.39. The van der Waals surface area contributed by atoms with Crippen LogP contribution in [0, 0.1) is 0 Å². The fourth-order valence-electron chi connectivity index (χ4n) is 1.52. The van der Waals surface area contributed by atoms with E-state index in [1.54, 1.807) is 13.0 Å². The average Bonchev–Trinajstić information content (AvgIpc) is 2.78. The maximum Gasteiger partial charge on any atom is 0.320 e. The molecule has 6 nitrogen and oxygen atoms in total. The predicted molar refractivity (Wildman–Crippen MR) is 70.5 cm³/mol. The van der Waals surface area contributed by atoms with E-state index < -0.39 is 0 Å². The molecule has 0 saturated carbocycles. The van der Waals surface area contributed by atoms with Gasteiger partial charge in [-0.2, -0.15) is 4.98 Å². The Kier molecular flexibility index (Phi) is 6.21. The number of carbonyl (C=O) groups is 1. The van der Waals surface area contributed by atoms with Crippen molar-refractivity contribution >= 4 is 5.97 Å². The second-order valence-electron chi connectivity index (χ2n) is 4.47. The Morgan fingerprint density at radius 1 is 1.58 bits per heavy atom. The number of hydrogen-bond donors (Lipinski definition) is 0. The molecule has 1 aromatic rings. The van der Waals surface area contributed by atoms with Crippen molar-refractivity contribution in [1.82, 2.24) is 15.0 Å². The van der Waals surface area contributed by atoms with Crippen LogP contribution in [0.15, 0.2) is 17.2 Å². The number of hydrogen-bond acceptors (Lipinski definition) is 6. The van der Waals surface area contributed by atoms with Gasteiger partial charge in [-0.15, -0.1) is 6.58 Å². The standard InChI is InChI=1S/C13H21N3O3/c1-5-7-16(9-12(17)18-6-2)8-11-14-13(10(3)4)19-15-11/h5,10H,1,6-9H2,2-4H3. The van der Waals surface area contributed by atoms with Gasteiger partial charge in [-0.25, -0.2) is 0 Å². The Bertz CT molecular complexity index is 415. The summed E-state index contributed by atoms with van der Waals surface area (Å²) < 4.78 is 10.0. The highest BCUT2D eigenvalue weighted by Crippen LogP contribution is 2.11. The van der Waals surface area contributed by atoms with Crippen LogP contribution >= 0.6 is 0 Å². The van der Waals surface area contributed by atoms with E-state index in [0.29, 0.717) is 31.4 Å². The molecule has 1 aromatic heterocycles. The number of aromatic nitrogens is 2. The average molecular weight is 267 g/mol. The molecule has 0 amide bonds. The molecule has 1 rings (SSSR count). The Morgan fingerprint density at radius 3 is 2.84 bits per heavy atom. The molecule has 0 aliphatic carbocycles. The minimum absolute atomic E-state index is 0.186. The van der Waals surface area contributed by atoms with E-state index in [-0.39, 0.29) is 18.4 Å². The molecular formula is C13H21N3O3. The lowest BCUT2D eigenvalue weighted by molar-refractivity contribution is -0.144. The van der Waals surface area contributed by atoms with Crippen molar-refractivity contribution in [3.05, 3.63) is 24.4 Å². The summed E-state index contributed by atoms with van der Waals surface area (Å²) in [4.78, 5) is 17.6. The SMILES string of the molecule is C=CCN(CC(=O)OCC)Cc1noc(C(C)C)n1. The van der Waals surface area contributed by atoms with Crippen LogP contribution in [0.5, 0.6) is 0 Å². The topological polar surface area (TPSA) is 68.5 Å². The minimum atomic E-state index is -0.267. The second-order valence-corrected chi connectivity index (χ2v) is 4.47. The lowest BCUT2D eigenvalue weighted by Gasteiger charge is -2.17. The van der Waals surface area contributed by atoms with Gasteiger partial charge < -0.3 is 9.26 Å². The number of carbonyl (C=O) groups excluding carboxylic acids is 1. The van der Waals surface area contributed by atoms with E-state index >= 15 is 0 Å². The van der Waals surface area contributed by atoms with Gasteiger partial charge in [0.1, 0.15) is 0 Å². The number of nitrogens with zero attached hydrogens (tertiary/aromatic N) is 3. The van der Waals surface area contributed by atoms with Crippen molar-refractivity contribution < 1.29 is 14.1 Å². The number of rotatable bonds is 8. The van der Waals surface area contributed by atoms with Gasteiger partial charge in [0, 0.05) is 12.5 Å². The van der Waals surface area contributed by atoms with E-state index in [4.69, 9.17) is 9.26 Å². The Balaban J connectivity index is 2.61. The normalized spacial score (nSPS) is 11.0. The van der Waals surface area contributed by atoms with E-state index in [2.05, 4.69) is 16.7 Å². The largest absolute Gasteiger partial charge is 0.465 e. The molecule has 0 saturated heterocycles. The van der Waals surface area contributed by atoms with Gasteiger partial charge in [-0.1, -0.05) is 25.1 Å². The van der Waals surface area contributed by atoms with Gasteiger partial charge in [-0.3, -0.25) is 9.69 Å². The number of esters is 1. The molecule has 0 fully saturated rings. The molecule has 0 aliphatic rings. The van der Waals surface area contributed by atoms with Crippen molar-refractivity contribution in [2.45, 2.75) is 33.2 Å². The van der Waals surface area contributed by atoms with Crippen LogP contribution in [-0.2, 0) is 16.1 Å². The van der Waals surface area contributed by atoms with Gasteiger partial charge in [0.05, 0.1) is 19.7 Å². The summed E-state index contributed by atoms with van der Waals surface area (Å²) >= 11 is 0. The number of ether oxygens (including phenoxy) is 1. The summed E-state index contributed by atoms with van der Waals surface area (Å²) in [5, 5.41) is 3.90. The zero-order valence-electron chi connectivity index (χ0n) is 11.8.